The van der Waals surface area contributed by atoms with Gasteiger partial charge in [0, 0.05) is 10.7 Å². The number of aromatic nitrogens is 1. The van der Waals surface area contributed by atoms with Crippen molar-refractivity contribution in [2.24, 2.45) is 0 Å². The maximum atomic E-state index is 12.7. The molecule has 0 aliphatic carbocycles. The van der Waals surface area contributed by atoms with Gasteiger partial charge in [-0.25, -0.2) is 4.98 Å². The SMILES string of the molecule is Cc1ccnc(Nc2cc(C(F)(F)F)ccc2Br)c1Br. The average molecular weight is 410 g/mol. The number of aryl methyl sites for hydroxylation is 1. The number of halogens is 5. The molecular formula is C13H9Br2F3N2. The van der Waals surface area contributed by atoms with Crippen LogP contribution in [0.2, 0.25) is 0 Å². The molecule has 0 atom stereocenters. The van der Waals surface area contributed by atoms with Gasteiger partial charge in [0.1, 0.15) is 5.82 Å². The first-order chi connectivity index (χ1) is 9.29. The van der Waals surface area contributed by atoms with Crippen LogP contribution in [-0.2, 0) is 6.18 Å². The van der Waals surface area contributed by atoms with Crippen molar-refractivity contribution in [2.45, 2.75) is 13.1 Å². The Labute approximate surface area is 130 Å². The Morgan fingerprint density at radius 3 is 2.50 bits per heavy atom. The zero-order valence-electron chi connectivity index (χ0n) is 10.2. The Morgan fingerprint density at radius 1 is 1.15 bits per heavy atom. The second-order valence-corrected chi connectivity index (χ2v) is 5.76. The lowest BCUT2D eigenvalue weighted by Gasteiger charge is -2.13. The third-order valence-electron chi connectivity index (χ3n) is 2.63. The maximum absolute atomic E-state index is 12.7. The van der Waals surface area contributed by atoms with Gasteiger partial charge in [0.2, 0.25) is 0 Å². The average Bonchev–Trinajstić information content (AvgIpc) is 2.36. The largest absolute Gasteiger partial charge is 0.416 e. The molecule has 0 radical (unpaired) electrons. The molecule has 2 aromatic rings. The van der Waals surface area contributed by atoms with Crippen LogP contribution in [0.3, 0.4) is 0 Å². The van der Waals surface area contributed by atoms with Crippen molar-refractivity contribution in [3.8, 4) is 0 Å². The first-order valence-corrected chi connectivity index (χ1v) is 7.12. The van der Waals surface area contributed by atoms with Gasteiger partial charge in [0.15, 0.2) is 0 Å². The van der Waals surface area contributed by atoms with Crippen molar-refractivity contribution in [3.05, 3.63) is 50.5 Å². The standard InChI is InChI=1S/C13H9Br2F3N2/c1-7-4-5-19-12(11(7)15)20-10-6-8(13(16,17)18)2-3-9(10)14/h2-6H,1H3,(H,19,20). The number of rotatable bonds is 2. The Morgan fingerprint density at radius 2 is 1.85 bits per heavy atom. The highest BCUT2D eigenvalue weighted by molar-refractivity contribution is 9.11. The number of alkyl halides is 3. The Hall–Kier alpha value is -1.08. The molecule has 0 aliphatic heterocycles. The molecule has 0 spiro atoms. The predicted molar refractivity (Wildman–Crippen MR) is 79.1 cm³/mol. The summed E-state index contributed by atoms with van der Waals surface area (Å²) in [5, 5.41) is 2.89. The zero-order valence-corrected chi connectivity index (χ0v) is 13.4. The van der Waals surface area contributed by atoms with Crippen LogP contribution >= 0.6 is 31.9 Å². The van der Waals surface area contributed by atoms with Crippen molar-refractivity contribution in [1.82, 2.24) is 4.98 Å². The van der Waals surface area contributed by atoms with Crippen molar-refractivity contribution >= 4 is 43.4 Å². The van der Waals surface area contributed by atoms with E-state index < -0.39 is 11.7 Å². The lowest BCUT2D eigenvalue weighted by Crippen LogP contribution is -2.06. The molecule has 2 rings (SSSR count). The second kappa shape index (κ2) is 5.73. The van der Waals surface area contributed by atoms with Gasteiger partial charge in [-0.3, -0.25) is 0 Å². The summed E-state index contributed by atoms with van der Waals surface area (Å²) in [6.07, 6.45) is -2.79. The molecule has 1 heterocycles. The highest BCUT2D eigenvalue weighted by Crippen LogP contribution is 2.36. The normalized spacial score (nSPS) is 11.5. The molecule has 0 bridgehead atoms. The van der Waals surface area contributed by atoms with Crippen LogP contribution in [-0.4, -0.2) is 4.98 Å². The Kier molecular flexibility index (Phi) is 4.39. The van der Waals surface area contributed by atoms with E-state index in [1.807, 2.05) is 6.92 Å². The summed E-state index contributed by atoms with van der Waals surface area (Å²) in [6.45, 7) is 1.87. The lowest BCUT2D eigenvalue weighted by molar-refractivity contribution is -0.137. The number of nitrogens with zero attached hydrogens (tertiary/aromatic N) is 1. The van der Waals surface area contributed by atoms with Crippen LogP contribution in [0.25, 0.3) is 0 Å². The van der Waals surface area contributed by atoms with Gasteiger partial charge in [-0.15, -0.1) is 0 Å². The van der Waals surface area contributed by atoms with E-state index in [4.69, 9.17) is 0 Å². The summed E-state index contributed by atoms with van der Waals surface area (Å²) in [5.74, 6) is 0.463. The summed E-state index contributed by atoms with van der Waals surface area (Å²) < 4.78 is 39.4. The molecule has 106 valence electrons. The summed E-state index contributed by atoms with van der Waals surface area (Å²) in [6, 6.07) is 5.22. The van der Waals surface area contributed by atoms with Crippen LogP contribution in [0.1, 0.15) is 11.1 Å². The van der Waals surface area contributed by atoms with Crippen molar-refractivity contribution in [2.75, 3.05) is 5.32 Å². The van der Waals surface area contributed by atoms with E-state index in [0.29, 0.717) is 20.5 Å². The monoisotopic (exact) mass is 408 g/mol. The molecule has 1 aromatic carbocycles. The minimum Gasteiger partial charge on any atom is -0.338 e. The topological polar surface area (TPSA) is 24.9 Å². The third-order valence-corrected chi connectivity index (χ3v) is 4.32. The number of nitrogens with one attached hydrogen (secondary N) is 1. The van der Waals surface area contributed by atoms with E-state index in [1.165, 1.54) is 6.07 Å². The summed E-state index contributed by atoms with van der Waals surface area (Å²) >= 11 is 6.58. The molecule has 0 saturated carbocycles. The van der Waals surface area contributed by atoms with Crippen LogP contribution in [0.4, 0.5) is 24.7 Å². The van der Waals surface area contributed by atoms with Gasteiger partial charge in [0.25, 0.3) is 0 Å². The Bertz CT molecular complexity index is 642. The predicted octanol–water partition coefficient (Wildman–Crippen LogP) is 5.68. The number of hydrogen-bond donors (Lipinski definition) is 1. The van der Waals surface area contributed by atoms with Crippen LogP contribution in [0.15, 0.2) is 39.4 Å². The van der Waals surface area contributed by atoms with Crippen molar-refractivity contribution in [1.29, 1.82) is 0 Å². The summed E-state index contributed by atoms with van der Waals surface area (Å²) in [4.78, 5) is 4.11. The van der Waals surface area contributed by atoms with Gasteiger partial charge < -0.3 is 5.32 Å². The van der Waals surface area contributed by atoms with Gasteiger partial charge in [-0.1, -0.05) is 0 Å². The number of benzene rings is 1. The molecule has 7 heteroatoms. The molecule has 20 heavy (non-hydrogen) atoms. The first-order valence-electron chi connectivity index (χ1n) is 5.54. The summed E-state index contributed by atoms with van der Waals surface area (Å²) in [7, 11) is 0. The van der Waals surface area contributed by atoms with Gasteiger partial charge in [-0.2, -0.15) is 13.2 Å². The van der Waals surface area contributed by atoms with Gasteiger partial charge in [0.05, 0.1) is 15.7 Å². The number of pyridine rings is 1. The van der Waals surface area contributed by atoms with E-state index in [9.17, 15) is 13.2 Å². The highest BCUT2D eigenvalue weighted by Gasteiger charge is 2.31. The lowest BCUT2D eigenvalue weighted by atomic mass is 10.2. The molecule has 2 nitrogen and oxygen atoms in total. The number of hydrogen-bond acceptors (Lipinski definition) is 2. The number of anilines is 2. The quantitative estimate of drug-likeness (QED) is 0.690. The fraction of sp³-hybridized carbons (Fsp3) is 0.154. The molecule has 1 aromatic heterocycles. The van der Waals surface area contributed by atoms with Gasteiger partial charge >= 0.3 is 6.18 Å². The molecule has 0 saturated heterocycles. The Balaban J connectivity index is 2.41. The molecule has 0 aliphatic rings. The molecule has 0 fully saturated rings. The second-order valence-electron chi connectivity index (χ2n) is 4.11. The van der Waals surface area contributed by atoms with E-state index >= 15 is 0 Å². The fourth-order valence-corrected chi connectivity index (χ4v) is 2.23. The van der Waals surface area contributed by atoms with E-state index in [2.05, 4.69) is 42.2 Å². The molecular weight excluding hydrogens is 401 g/mol. The summed E-state index contributed by atoms with van der Waals surface area (Å²) in [5.41, 5.74) is 0.524. The zero-order chi connectivity index (χ0) is 14.9. The van der Waals surface area contributed by atoms with Crippen molar-refractivity contribution in [3.63, 3.8) is 0 Å². The minimum absolute atomic E-state index is 0.304. The van der Waals surface area contributed by atoms with Crippen LogP contribution < -0.4 is 5.32 Å². The molecule has 0 amide bonds. The third kappa shape index (κ3) is 3.32. The smallest absolute Gasteiger partial charge is 0.338 e. The van der Waals surface area contributed by atoms with E-state index in [0.717, 1.165) is 17.7 Å². The van der Waals surface area contributed by atoms with Crippen LogP contribution in [0.5, 0.6) is 0 Å². The fourth-order valence-electron chi connectivity index (χ4n) is 1.55. The van der Waals surface area contributed by atoms with E-state index in [1.54, 1.807) is 12.3 Å². The highest BCUT2D eigenvalue weighted by atomic mass is 79.9. The van der Waals surface area contributed by atoms with Crippen LogP contribution in [0, 0.1) is 6.92 Å². The van der Waals surface area contributed by atoms with Gasteiger partial charge in [-0.05, 0) is 68.6 Å². The molecule has 0 unspecified atom stereocenters. The van der Waals surface area contributed by atoms with E-state index in [-0.39, 0.29) is 0 Å². The maximum Gasteiger partial charge on any atom is 0.416 e. The minimum atomic E-state index is -4.38. The molecule has 1 N–H and O–H groups in total. The van der Waals surface area contributed by atoms with Crippen molar-refractivity contribution < 1.29 is 13.2 Å². The first kappa shape index (κ1) is 15.3.